The lowest BCUT2D eigenvalue weighted by molar-refractivity contribution is -0.158. The van der Waals surface area contributed by atoms with Gasteiger partial charge in [-0.2, -0.15) is 0 Å². The smallest absolute Gasteiger partial charge is 0.349 e. The number of carbonyl (C=O) groups is 2. The van der Waals surface area contributed by atoms with Crippen LogP contribution in [0.25, 0.3) is 0 Å². The van der Waals surface area contributed by atoms with Crippen molar-refractivity contribution in [2.24, 2.45) is 0 Å². The molecule has 0 bridgehead atoms. The van der Waals surface area contributed by atoms with Crippen LogP contribution in [0.2, 0.25) is 0 Å². The van der Waals surface area contributed by atoms with Crippen LogP contribution in [0.3, 0.4) is 0 Å². The van der Waals surface area contributed by atoms with E-state index < -0.39 is 23.6 Å². The normalized spacial score (nSPS) is 12.1. The second kappa shape index (κ2) is 11.2. The molecule has 0 aromatic heterocycles. The molecule has 30 heavy (non-hydrogen) atoms. The maximum absolute atomic E-state index is 11.9. The van der Waals surface area contributed by atoms with Crippen LogP contribution >= 0.6 is 0 Å². The summed E-state index contributed by atoms with van der Waals surface area (Å²) in [5, 5.41) is 12.4. The SMILES string of the molecule is CCOC(=O)C(C)(C)Oc1ccc(OCCC(NCc2ccccc2)C(=O)O)cc1. The molecule has 1 atom stereocenters. The van der Waals surface area contributed by atoms with E-state index in [4.69, 9.17) is 14.2 Å². The standard InChI is InChI=1S/C23H29NO6/c1-4-28-22(27)23(2,3)30-19-12-10-18(11-13-19)29-15-14-20(21(25)26)24-16-17-8-6-5-7-9-17/h5-13,20,24H,4,14-16H2,1-3H3,(H,25,26). The van der Waals surface area contributed by atoms with Crippen molar-refractivity contribution >= 4 is 11.9 Å². The van der Waals surface area contributed by atoms with E-state index in [-0.39, 0.29) is 13.2 Å². The third-order valence-corrected chi connectivity index (χ3v) is 4.33. The van der Waals surface area contributed by atoms with Crippen molar-refractivity contribution in [3.8, 4) is 11.5 Å². The van der Waals surface area contributed by atoms with Gasteiger partial charge in [-0.3, -0.25) is 4.79 Å². The van der Waals surface area contributed by atoms with E-state index in [0.29, 0.717) is 24.5 Å². The fourth-order valence-electron chi connectivity index (χ4n) is 2.69. The molecule has 2 aromatic rings. The number of hydrogen-bond donors (Lipinski definition) is 2. The first-order valence-electron chi connectivity index (χ1n) is 9.91. The molecule has 0 aliphatic heterocycles. The van der Waals surface area contributed by atoms with Crippen molar-refractivity contribution in [2.45, 2.75) is 45.4 Å². The Labute approximate surface area is 177 Å². The van der Waals surface area contributed by atoms with Gasteiger partial charge in [-0.1, -0.05) is 30.3 Å². The number of carboxylic acid groups (broad SMARTS) is 1. The van der Waals surface area contributed by atoms with Crippen molar-refractivity contribution in [3.05, 3.63) is 60.2 Å². The summed E-state index contributed by atoms with van der Waals surface area (Å²) < 4.78 is 16.4. The molecule has 162 valence electrons. The van der Waals surface area contributed by atoms with Gasteiger partial charge in [-0.25, -0.2) is 4.79 Å². The molecule has 0 amide bonds. The number of benzene rings is 2. The fourth-order valence-corrected chi connectivity index (χ4v) is 2.69. The molecule has 0 aliphatic carbocycles. The first kappa shape index (κ1) is 23.2. The van der Waals surface area contributed by atoms with Gasteiger partial charge >= 0.3 is 11.9 Å². The topological polar surface area (TPSA) is 94.1 Å². The van der Waals surface area contributed by atoms with Gasteiger partial charge in [0.2, 0.25) is 0 Å². The van der Waals surface area contributed by atoms with Crippen LogP contribution in [-0.2, 0) is 20.9 Å². The zero-order valence-corrected chi connectivity index (χ0v) is 17.6. The lowest BCUT2D eigenvalue weighted by Crippen LogP contribution is -2.39. The number of carboxylic acids is 1. The van der Waals surface area contributed by atoms with Gasteiger partial charge in [-0.05, 0) is 50.6 Å². The van der Waals surface area contributed by atoms with Crippen molar-refractivity contribution < 1.29 is 28.9 Å². The molecule has 0 heterocycles. The van der Waals surface area contributed by atoms with E-state index in [1.807, 2.05) is 30.3 Å². The lowest BCUT2D eigenvalue weighted by Gasteiger charge is -2.24. The number of hydrogen-bond acceptors (Lipinski definition) is 6. The highest BCUT2D eigenvalue weighted by atomic mass is 16.6. The van der Waals surface area contributed by atoms with Gasteiger partial charge in [0, 0.05) is 13.0 Å². The van der Waals surface area contributed by atoms with Gasteiger partial charge in [-0.15, -0.1) is 0 Å². The van der Waals surface area contributed by atoms with Crippen molar-refractivity contribution in [1.82, 2.24) is 5.32 Å². The Balaban J connectivity index is 1.82. The second-order valence-electron chi connectivity index (χ2n) is 7.20. The third kappa shape index (κ3) is 7.40. The number of rotatable bonds is 12. The molecule has 2 N–H and O–H groups in total. The van der Waals surface area contributed by atoms with Crippen LogP contribution in [0, 0.1) is 0 Å². The van der Waals surface area contributed by atoms with E-state index in [9.17, 15) is 14.7 Å². The van der Waals surface area contributed by atoms with Crippen molar-refractivity contribution in [1.29, 1.82) is 0 Å². The molecule has 7 nitrogen and oxygen atoms in total. The van der Waals surface area contributed by atoms with Crippen molar-refractivity contribution in [3.63, 3.8) is 0 Å². The molecule has 1 unspecified atom stereocenters. The Morgan fingerprint density at radius 1 is 1.03 bits per heavy atom. The van der Waals surface area contributed by atoms with Crippen LogP contribution in [0.1, 0.15) is 32.8 Å². The Morgan fingerprint density at radius 2 is 1.67 bits per heavy atom. The number of nitrogens with one attached hydrogen (secondary N) is 1. The molecule has 0 aliphatic rings. The average molecular weight is 415 g/mol. The van der Waals surface area contributed by atoms with Gasteiger partial charge in [0.15, 0.2) is 5.60 Å². The number of esters is 1. The third-order valence-electron chi connectivity index (χ3n) is 4.33. The monoisotopic (exact) mass is 415 g/mol. The summed E-state index contributed by atoms with van der Waals surface area (Å²) in [5.74, 6) is -0.260. The molecule has 2 aromatic carbocycles. The highest BCUT2D eigenvalue weighted by Crippen LogP contribution is 2.23. The summed E-state index contributed by atoms with van der Waals surface area (Å²) in [7, 11) is 0. The zero-order valence-electron chi connectivity index (χ0n) is 17.6. The average Bonchev–Trinajstić information content (AvgIpc) is 2.72. The summed E-state index contributed by atoms with van der Waals surface area (Å²) in [6.07, 6.45) is 0.316. The molecule has 0 saturated heterocycles. The summed E-state index contributed by atoms with van der Waals surface area (Å²) in [6, 6.07) is 15.7. The molecular weight excluding hydrogens is 386 g/mol. The number of aliphatic carboxylic acids is 1. The summed E-state index contributed by atoms with van der Waals surface area (Å²) >= 11 is 0. The van der Waals surface area contributed by atoms with Gasteiger partial charge in [0.25, 0.3) is 0 Å². The molecule has 0 spiro atoms. The number of carbonyl (C=O) groups excluding carboxylic acids is 1. The molecule has 0 saturated carbocycles. The van der Waals surface area contributed by atoms with E-state index in [1.165, 1.54) is 0 Å². The van der Waals surface area contributed by atoms with Crippen LogP contribution < -0.4 is 14.8 Å². The van der Waals surface area contributed by atoms with Crippen LogP contribution in [0.5, 0.6) is 11.5 Å². The lowest BCUT2D eigenvalue weighted by atomic mass is 10.1. The van der Waals surface area contributed by atoms with E-state index >= 15 is 0 Å². The largest absolute Gasteiger partial charge is 0.494 e. The summed E-state index contributed by atoms with van der Waals surface area (Å²) in [5.41, 5.74) is -0.0802. The van der Waals surface area contributed by atoms with Gasteiger partial charge < -0.3 is 24.6 Å². The molecule has 2 rings (SSSR count). The Hall–Kier alpha value is -3.06. The Bertz CT molecular complexity index is 804. The molecule has 0 radical (unpaired) electrons. The predicted molar refractivity (Wildman–Crippen MR) is 113 cm³/mol. The maximum atomic E-state index is 11.9. The van der Waals surface area contributed by atoms with Crippen LogP contribution in [-0.4, -0.2) is 41.9 Å². The van der Waals surface area contributed by atoms with Crippen LogP contribution in [0.15, 0.2) is 54.6 Å². The molecule has 0 fully saturated rings. The van der Waals surface area contributed by atoms with Gasteiger partial charge in [0.1, 0.15) is 17.5 Å². The second-order valence-corrected chi connectivity index (χ2v) is 7.20. The van der Waals surface area contributed by atoms with Crippen LogP contribution in [0.4, 0.5) is 0 Å². The van der Waals surface area contributed by atoms with E-state index in [0.717, 1.165) is 5.56 Å². The fraction of sp³-hybridized carbons (Fsp3) is 0.391. The quantitative estimate of drug-likeness (QED) is 0.513. The van der Waals surface area contributed by atoms with Crippen molar-refractivity contribution in [2.75, 3.05) is 13.2 Å². The summed E-state index contributed by atoms with van der Waals surface area (Å²) in [6.45, 7) is 6.03. The minimum absolute atomic E-state index is 0.243. The highest BCUT2D eigenvalue weighted by molar-refractivity contribution is 5.79. The van der Waals surface area contributed by atoms with Gasteiger partial charge in [0.05, 0.1) is 13.2 Å². The minimum Gasteiger partial charge on any atom is -0.494 e. The zero-order chi connectivity index (χ0) is 22.0. The highest BCUT2D eigenvalue weighted by Gasteiger charge is 2.31. The molecule has 7 heteroatoms. The minimum atomic E-state index is -1.10. The first-order chi connectivity index (χ1) is 14.3. The van der Waals surface area contributed by atoms with E-state index in [2.05, 4.69) is 5.32 Å². The van der Waals surface area contributed by atoms with E-state index in [1.54, 1.807) is 45.0 Å². The maximum Gasteiger partial charge on any atom is 0.349 e. The number of ether oxygens (including phenoxy) is 3. The Kier molecular flexibility index (Phi) is 8.68. The summed E-state index contributed by atoms with van der Waals surface area (Å²) in [4.78, 5) is 23.4. The first-order valence-corrected chi connectivity index (χ1v) is 9.91. The Morgan fingerprint density at radius 3 is 2.27 bits per heavy atom. The predicted octanol–water partition coefficient (Wildman–Crippen LogP) is 3.42. The molecular formula is C23H29NO6.